The number of aliphatic carboxylic acids is 1. The number of ketones is 1. The van der Waals surface area contributed by atoms with E-state index in [4.69, 9.17) is 57.2 Å². The highest BCUT2D eigenvalue weighted by Crippen LogP contribution is 2.02. The summed E-state index contributed by atoms with van der Waals surface area (Å²) in [6.45, 7) is 7.33. The lowest BCUT2D eigenvalue weighted by molar-refractivity contribution is -0.146. The number of carboxylic acid groups (broad SMARTS) is 1. The Kier molecular flexibility index (Phi) is 30.9. The number of hydrogen-bond donors (Lipinski definition) is 1. The third kappa shape index (κ3) is 29.8. The van der Waals surface area contributed by atoms with Crippen molar-refractivity contribution in [1.82, 2.24) is 0 Å². The van der Waals surface area contributed by atoms with Crippen molar-refractivity contribution in [2.24, 2.45) is 0 Å². The van der Waals surface area contributed by atoms with Gasteiger partial charge in [-0.05, 0) is 12.8 Å². The average molecular weight is 719 g/mol. The fourth-order valence-corrected chi connectivity index (χ4v) is 3.66. The normalized spacial score (nSPS) is 11.0. The Bertz CT molecular complexity index is 977. The highest BCUT2D eigenvalue weighted by Gasteiger charge is 2.17. The lowest BCUT2D eigenvalue weighted by Gasteiger charge is -2.09. The van der Waals surface area contributed by atoms with Gasteiger partial charge in [-0.2, -0.15) is 0 Å². The summed E-state index contributed by atoms with van der Waals surface area (Å²) in [6.07, 6.45) is 1.20. The van der Waals surface area contributed by atoms with Gasteiger partial charge in [0.15, 0.2) is 0 Å². The molecule has 0 bridgehead atoms. The molecule has 0 amide bonds. The number of benzene rings is 1. The van der Waals surface area contributed by atoms with E-state index in [9.17, 15) is 19.2 Å². The molecular formula is C34H54O16. The van der Waals surface area contributed by atoms with Crippen LogP contribution in [0.5, 0.6) is 0 Å². The largest absolute Gasteiger partial charge is 0.481 e. The molecule has 0 aromatic heterocycles. The first-order chi connectivity index (χ1) is 24.5. The van der Waals surface area contributed by atoms with Crippen molar-refractivity contribution in [3.8, 4) is 0 Å². The monoisotopic (exact) mass is 718 g/mol. The topological polar surface area (TPSA) is 190 Å². The molecule has 1 N–H and O–H groups in total. The highest BCUT2D eigenvalue weighted by molar-refractivity contribution is 6.40. The van der Waals surface area contributed by atoms with Gasteiger partial charge in [-0.1, -0.05) is 30.3 Å². The maximum absolute atomic E-state index is 11.9. The first-order valence-corrected chi connectivity index (χ1v) is 16.8. The molecule has 1 rings (SSSR count). The van der Waals surface area contributed by atoms with Crippen LogP contribution in [0.3, 0.4) is 0 Å². The third-order valence-corrected chi connectivity index (χ3v) is 6.17. The van der Waals surface area contributed by atoms with E-state index in [-0.39, 0.29) is 50.8 Å². The van der Waals surface area contributed by atoms with Crippen molar-refractivity contribution in [1.29, 1.82) is 0 Å². The van der Waals surface area contributed by atoms with Crippen molar-refractivity contribution in [2.75, 3.05) is 132 Å². The van der Waals surface area contributed by atoms with Crippen LogP contribution in [0.15, 0.2) is 30.3 Å². The Morgan fingerprint density at radius 1 is 0.420 bits per heavy atom. The predicted octanol–water partition coefficient (Wildman–Crippen LogP) is 1.75. The predicted molar refractivity (Wildman–Crippen MR) is 176 cm³/mol. The van der Waals surface area contributed by atoms with Crippen molar-refractivity contribution in [3.05, 3.63) is 35.9 Å². The lowest BCUT2D eigenvalue weighted by Crippen LogP contribution is -2.20. The Labute approximate surface area is 293 Å². The van der Waals surface area contributed by atoms with Gasteiger partial charge in [0.2, 0.25) is 0 Å². The molecule has 0 heterocycles. The zero-order valence-corrected chi connectivity index (χ0v) is 28.9. The minimum absolute atomic E-state index is 0.0127. The van der Waals surface area contributed by atoms with Crippen molar-refractivity contribution >= 4 is 23.7 Å². The smallest absolute Gasteiger partial charge is 0.379 e. The zero-order valence-electron chi connectivity index (χ0n) is 28.9. The molecule has 16 nitrogen and oxygen atoms in total. The van der Waals surface area contributed by atoms with Crippen LogP contribution >= 0.6 is 0 Å². The number of esters is 2. The molecule has 0 atom stereocenters. The number of Topliss-reactive ketones (excluding diaryl/α,β-unsaturated/α-hetero) is 1. The van der Waals surface area contributed by atoms with Crippen molar-refractivity contribution < 1.29 is 76.4 Å². The first kappa shape index (κ1) is 45.0. The molecule has 0 radical (unpaired) electrons. The molecule has 0 aliphatic heterocycles. The number of unbranched alkanes of at least 4 members (excludes halogenated alkanes) is 1. The van der Waals surface area contributed by atoms with E-state index in [0.29, 0.717) is 119 Å². The zero-order chi connectivity index (χ0) is 36.2. The van der Waals surface area contributed by atoms with E-state index in [1.54, 1.807) is 30.3 Å². The SMILES string of the molecule is O=C(O)CCCCC(=O)OCCOCCOCCOCCOCCOCCOCCOCCOCCOCCOC(=O)C(=O)c1ccccc1. The second kappa shape index (κ2) is 34.4. The van der Waals surface area contributed by atoms with E-state index >= 15 is 0 Å². The summed E-state index contributed by atoms with van der Waals surface area (Å²) in [6, 6.07) is 8.22. The second-order valence-electron chi connectivity index (χ2n) is 10.2. The number of carbonyl (C=O) groups excluding carboxylic acids is 3. The van der Waals surface area contributed by atoms with Crippen molar-refractivity contribution in [3.63, 3.8) is 0 Å². The van der Waals surface area contributed by atoms with E-state index in [1.165, 1.54) is 0 Å². The summed E-state index contributed by atoms with van der Waals surface area (Å²) in [7, 11) is 0. The third-order valence-electron chi connectivity index (χ3n) is 6.17. The van der Waals surface area contributed by atoms with Gasteiger partial charge in [0.1, 0.15) is 13.2 Å². The van der Waals surface area contributed by atoms with Crippen LogP contribution in [0.1, 0.15) is 36.0 Å². The van der Waals surface area contributed by atoms with Crippen LogP contribution in [0, 0.1) is 0 Å². The Hall–Kier alpha value is -3.06. The van der Waals surface area contributed by atoms with Crippen LogP contribution in [-0.4, -0.2) is 161 Å². The quantitative estimate of drug-likeness (QED) is 0.0453. The number of carbonyl (C=O) groups is 4. The molecule has 1 aromatic carbocycles. The molecule has 16 heteroatoms. The summed E-state index contributed by atoms with van der Waals surface area (Å²) in [5.41, 5.74) is 0.288. The van der Waals surface area contributed by atoms with Crippen LogP contribution < -0.4 is 0 Å². The van der Waals surface area contributed by atoms with Gasteiger partial charge >= 0.3 is 17.9 Å². The highest BCUT2D eigenvalue weighted by atomic mass is 16.6. The molecule has 0 spiro atoms. The maximum atomic E-state index is 11.9. The first-order valence-electron chi connectivity index (χ1n) is 16.8. The van der Waals surface area contributed by atoms with Gasteiger partial charge < -0.3 is 57.2 Å². The molecule has 0 unspecified atom stereocenters. The minimum Gasteiger partial charge on any atom is -0.481 e. The van der Waals surface area contributed by atoms with Crippen molar-refractivity contribution in [2.45, 2.75) is 25.7 Å². The van der Waals surface area contributed by atoms with Gasteiger partial charge in [-0.25, -0.2) is 4.79 Å². The summed E-state index contributed by atoms with van der Waals surface area (Å²) in [5, 5.41) is 8.55. The average Bonchev–Trinajstić information content (AvgIpc) is 3.12. The summed E-state index contributed by atoms with van der Waals surface area (Å²) in [4.78, 5) is 45.5. The summed E-state index contributed by atoms with van der Waals surface area (Å²) in [5.74, 6) is -2.81. The number of hydrogen-bond acceptors (Lipinski definition) is 15. The summed E-state index contributed by atoms with van der Waals surface area (Å²) < 4.78 is 58.6. The molecule has 0 aliphatic rings. The molecule has 50 heavy (non-hydrogen) atoms. The van der Waals surface area contributed by atoms with E-state index in [2.05, 4.69) is 0 Å². The maximum Gasteiger partial charge on any atom is 0.379 e. The molecule has 0 saturated heterocycles. The van der Waals surface area contributed by atoms with Crippen LogP contribution in [0.25, 0.3) is 0 Å². The molecule has 286 valence electrons. The van der Waals surface area contributed by atoms with E-state index < -0.39 is 17.7 Å². The summed E-state index contributed by atoms with van der Waals surface area (Å²) >= 11 is 0. The van der Waals surface area contributed by atoms with Crippen LogP contribution in [-0.2, 0) is 66.5 Å². The molecular weight excluding hydrogens is 664 g/mol. The van der Waals surface area contributed by atoms with Gasteiger partial charge in [0.25, 0.3) is 5.78 Å². The molecule has 1 aromatic rings. The number of rotatable bonds is 37. The molecule has 0 saturated carbocycles. The fourth-order valence-electron chi connectivity index (χ4n) is 3.66. The minimum atomic E-state index is -0.906. The second-order valence-corrected chi connectivity index (χ2v) is 10.2. The Morgan fingerprint density at radius 2 is 0.740 bits per heavy atom. The van der Waals surface area contributed by atoms with Gasteiger partial charge in [-0.15, -0.1) is 0 Å². The molecule has 0 aliphatic carbocycles. The van der Waals surface area contributed by atoms with Gasteiger partial charge in [-0.3, -0.25) is 14.4 Å². The number of carboxylic acids is 1. The standard InChI is InChI=1S/C34H54O16/c35-31(36)8-4-5-9-32(37)49-28-26-47-24-22-45-20-18-43-16-14-41-12-10-40-11-13-42-15-17-44-19-21-46-23-25-48-27-29-50-34(39)33(38)30-6-2-1-3-7-30/h1-3,6-7H,4-5,8-29H2,(H,35,36). The Morgan fingerprint density at radius 3 is 1.10 bits per heavy atom. The fraction of sp³-hybridized carbons (Fsp3) is 0.706. The van der Waals surface area contributed by atoms with Crippen LogP contribution in [0.4, 0.5) is 0 Å². The van der Waals surface area contributed by atoms with E-state index in [1.807, 2.05) is 0 Å². The van der Waals surface area contributed by atoms with E-state index in [0.717, 1.165) is 0 Å². The van der Waals surface area contributed by atoms with Gasteiger partial charge in [0, 0.05) is 18.4 Å². The number of ether oxygens (including phenoxy) is 11. The van der Waals surface area contributed by atoms with Gasteiger partial charge in [0.05, 0.1) is 119 Å². The lowest BCUT2D eigenvalue weighted by atomic mass is 10.1. The molecule has 0 fully saturated rings. The van der Waals surface area contributed by atoms with Crippen LogP contribution in [0.2, 0.25) is 0 Å². The Balaban J connectivity index is 1.67.